The fraction of sp³-hybridized carbons (Fsp3) is 0.167. The van der Waals surface area contributed by atoms with Gasteiger partial charge >= 0.3 is 0 Å². The average Bonchev–Trinajstić information content (AvgIpc) is 2.18. The molecule has 0 unspecified atom stereocenters. The van der Waals surface area contributed by atoms with Crippen LogP contribution in [-0.2, 0) is 0 Å². The number of carbonyl (C=O) groups excluding carboxylic acids is 1. The van der Waals surface area contributed by atoms with Crippen LogP contribution in [0.25, 0.3) is 0 Å². The van der Waals surface area contributed by atoms with Crippen molar-refractivity contribution >= 4 is 5.78 Å². The van der Waals surface area contributed by atoms with E-state index in [4.69, 9.17) is 5.26 Å². The summed E-state index contributed by atoms with van der Waals surface area (Å²) < 4.78 is 12.9. The van der Waals surface area contributed by atoms with Crippen molar-refractivity contribution in [3.05, 3.63) is 35.1 Å². The second-order valence-corrected chi connectivity index (χ2v) is 2.88. The highest BCUT2D eigenvalue weighted by atomic mass is 19.1. The van der Waals surface area contributed by atoms with E-state index in [9.17, 15) is 9.18 Å². The first kappa shape index (κ1) is 10.9. The summed E-state index contributed by atoms with van der Waals surface area (Å²) in [6.45, 7) is 1.39. The molecule has 1 rings (SSSR count). The second kappa shape index (κ2) is 4.93. The van der Waals surface area contributed by atoms with Crippen LogP contribution in [0.4, 0.5) is 4.39 Å². The van der Waals surface area contributed by atoms with Gasteiger partial charge in [-0.2, -0.15) is 5.26 Å². The minimum atomic E-state index is -0.443. The minimum Gasteiger partial charge on any atom is -0.294 e. The first-order valence-electron chi connectivity index (χ1n) is 4.31. The van der Waals surface area contributed by atoms with Gasteiger partial charge in [0.2, 0.25) is 0 Å². The van der Waals surface area contributed by atoms with Crippen molar-refractivity contribution in [2.45, 2.75) is 13.3 Å². The van der Waals surface area contributed by atoms with E-state index in [1.807, 2.05) is 6.07 Å². The van der Waals surface area contributed by atoms with Gasteiger partial charge in [-0.15, -0.1) is 0 Å². The van der Waals surface area contributed by atoms with Crippen molar-refractivity contribution < 1.29 is 9.18 Å². The highest BCUT2D eigenvalue weighted by molar-refractivity contribution is 5.96. The third-order valence-electron chi connectivity index (χ3n) is 1.75. The van der Waals surface area contributed by atoms with Gasteiger partial charge in [-0.25, -0.2) is 4.39 Å². The van der Waals surface area contributed by atoms with E-state index in [0.717, 1.165) is 0 Å². The number of benzene rings is 1. The molecule has 0 saturated carbocycles. The van der Waals surface area contributed by atoms with Gasteiger partial charge in [-0.05, 0) is 25.1 Å². The lowest BCUT2D eigenvalue weighted by Gasteiger charge is -1.99. The van der Waals surface area contributed by atoms with E-state index >= 15 is 0 Å². The van der Waals surface area contributed by atoms with E-state index < -0.39 is 5.82 Å². The number of halogens is 1. The van der Waals surface area contributed by atoms with Gasteiger partial charge in [0.05, 0.1) is 12.5 Å². The Balaban J connectivity index is 3.16. The van der Waals surface area contributed by atoms with Crippen LogP contribution in [0.15, 0.2) is 18.2 Å². The molecule has 0 spiro atoms. The topological polar surface area (TPSA) is 40.9 Å². The molecule has 1 aromatic carbocycles. The first-order valence-corrected chi connectivity index (χ1v) is 4.31. The summed E-state index contributed by atoms with van der Waals surface area (Å²) in [5.74, 6) is 4.53. The zero-order valence-corrected chi connectivity index (χ0v) is 8.17. The lowest BCUT2D eigenvalue weighted by atomic mass is 10.0. The maximum absolute atomic E-state index is 12.9. The number of rotatable bonds is 1. The molecule has 0 aliphatic heterocycles. The monoisotopic (exact) mass is 201 g/mol. The van der Waals surface area contributed by atoms with E-state index in [0.29, 0.717) is 11.1 Å². The van der Waals surface area contributed by atoms with Gasteiger partial charge < -0.3 is 0 Å². The molecule has 2 nitrogen and oxygen atoms in total. The van der Waals surface area contributed by atoms with Crippen molar-refractivity contribution in [3.63, 3.8) is 0 Å². The highest BCUT2D eigenvalue weighted by Crippen LogP contribution is 2.10. The molecule has 0 heterocycles. The smallest absolute Gasteiger partial charge is 0.161 e. The molecule has 74 valence electrons. The lowest BCUT2D eigenvalue weighted by Crippen LogP contribution is -1.97. The van der Waals surface area contributed by atoms with Crippen LogP contribution in [-0.4, -0.2) is 5.78 Å². The van der Waals surface area contributed by atoms with Gasteiger partial charge in [-0.1, -0.05) is 11.8 Å². The first-order chi connectivity index (χ1) is 7.15. The van der Waals surface area contributed by atoms with E-state index in [-0.39, 0.29) is 12.2 Å². The number of ketones is 1. The third kappa shape index (κ3) is 2.93. The van der Waals surface area contributed by atoms with Crippen molar-refractivity contribution in [3.8, 4) is 17.9 Å². The molecule has 0 aromatic heterocycles. The predicted molar refractivity (Wildman–Crippen MR) is 53.5 cm³/mol. The molecule has 0 bridgehead atoms. The molecule has 0 amide bonds. The second-order valence-electron chi connectivity index (χ2n) is 2.88. The van der Waals surface area contributed by atoms with E-state index in [1.54, 1.807) is 0 Å². The zero-order valence-electron chi connectivity index (χ0n) is 8.17. The number of nitrogens with zero attached hydrogens (tertiary/aromatic N) is 1. The maximum Gasteiger partial charge on any atom is 0.161 e. The van der Waals surface area contributed by atoms with Crippen LogP contribution in [0.1, 0.15) is 29.3 Å². The summed E-state index contributed by atoms with van der Waals surface area (Å²) in [6, 6.07) is 5.66. The molecule has 0 radical (unpaired) electrons. The number of carbonyl (C=O) groups is 1. The van der Waals surface area contributed by atoms with Crippen LogP contribution >= 0.6 is 0 Å². The number of hydrogen-bond donors (Lipinski definition) is 0. The van der Waals surface area contributed by atoms with Gasteiger partial charge in [0.25, 0.3) is 0 Å². The number of nitriles is 1. The van der Waals surface area contributed by atoms with Gasteiger partial charge in [0.15, 0.2) is 5.78 Å². The highest BCUT2D eigenvalue weighted by Gasteiger charge is 2.05. The molecule has 3 heteroatoms. The van der Waals surface area contributed by atoms with Crippen LogP contribution < -0.4 is 0 Å². The zero-order chi connectivity index (χ0) is 11.3. The quantitative estimate of drug-likeness (QED) is 0.516. The number of Topliss-reactive ketones (excluding diaryl/α,β-unsaturated/α-hetero) is 1. The van der Waals surface area contributed by atoms with Crippen LogP contribution in [0.2, 0.25) is 0 Å². The van der Waals surface area contributed by atoms with Crippen LogP contribution in [0.5, 0.6) is 0 Å². The molecular formula is C12H8FNO. The van der Waals surface area contributed by atoms with Crippen molar-refractivity contribution in [1.29, 1.82) is 5.26 Å². The van der Waals surface area contributed by atoms with Gasteiger partial charge in [0.1, 0.15) is 5.82 Å². The molecule has 15 heavy (non-hydrogen) atoms. The summed E-state index contributed by atoms with van der Waals surface area (Å²) >= 11 is 0. The van der Waals surface area contributed by atoms with E-state index in [1.165, 1.54) is 25.1 Å². The molecular weight excluding hydrogens is 193 g/mol. The normalized spacial score (nSPS) is 8.60. The van der Waals surface area contributed by atoms with E-state index in [2.05, 4.69) is 11.8 Å². The summed E-state index contributed by atoms with van der Waals surface area (Å²) in [5, 5.41) is 8.28. The molecule has 0 atom stereocenters. The Labute approximate surface area is 87.3 Å². The Morgan fingerprint density at radius 3 is 2.87 bits per heavy atom. The summed E-state index contributed by atoms with van der Waals surface area (Å²) in [7, 11) is 0. The Kier molecular flexibility index (Phi) is 3.60. The summed E-state index contributed by atoms with van der Waals surface area (Å²) in [4.78, 5) is 11.2. The Morgan fingerprint density at radius 2 is 2.27 bits per heavy atom. The molecule has 0 aliphatic carbocycles. The molecule has 0 saturated heterocycles. The Bertz CT molecular complexity index is 489. The van der Waals surface area contributed by atoms with Crippen molar-refractivity contribution in [2.24, 2.45) is 0 Å². The fourth-order valence-corrected chi connectivity index (χ4v) is 1.11. The predicted octanol–water partition coefficient (Wildman–Crippen LogP) is 2.29. The number of hydrogen-bond acceptors (Lipinski definition) is 2. The summed E-state index contributed by atoms with van der Waals surface area (Å²) in [5.41, 5.74) is 0.708. The molecule has 1 aromatic rings. The SMILES string of the molecule is CC(=O)c1ccc(F)cc1C#CCC#N. The van der Waals surface area contributed by atoms with Crippen LogP contribution in [0.3, 0.4) is 0 Å². The molecule has 0 fully saturated rings. The average molecular weight is 201 g/mol. The standard InChI is InChI=1S/C12H8FNO/c1-9(15)12-6-5-11(13)8-10(12)4-2-3-7-14/h5-6,8H,3H2,1H3. The fourth-order valence-electron chi connectivity index (χ4n) is 1.11. The third-order valence-corrected chi connectivity index (χ3v) is 1.75. The molecule has 0 N–H and O–H groups in total. The minimum absolute atomic E-state index is 0.0634. The van der Waals surface area contributed by atoms with Gasteiger partial charge in [-0.3, -0.25) is 4.79 Å². The maximum atomic E-state index is 12.9. The molecule has 0 aliphatic rings. The van der Waals surface area contributed by atoms with Crippen molar-refractivity contribution in [2.75, 3.05) is 0 Å². The summed E-state index contributed by atoms with van der Waals surface area (Å²) in [6.07, 6.45) is 0.0634. The lowest BCUT2D eigenvalue weighted by molar-refractivity contribution is 0.101. The largest absolute Gasteiger partial charge is 0.294 e. The van der Waals surface area contributed by atoms with Gasteiger partial charge in [0, 0.05) is 11.1 Å². The Morgan fingerprint density at radius 1 is 1.53 bits per heavy atom. The Hall–Kier alpha value is -2.13. The van der Waals surface area contributed by atoms with Crippen molar-refractivity contribution in [1.82, 2.24) is 0 Å². The van der Waals surface area contributed by atoms with Crippen LogP contribution in [0, 0.1) is 29.0 Å².